The van der Waals surface area contributed by atoms with Gasteiger partial charge in [0, 0.05) is 17.9 Å². The van der Waals surface area contributed by atoms with Gasteiger partial charge in [-0.3, -0.25) is 0 Å². The molecule has 1 aromatic carbocycles. The quantitative estimate of drug-likeness (QED) is 0.785. The molecule has 0 saturated heterocycles. The molecule has 0 bridgehead atoms. The second-order valence-electron chi connectivity index (χ2n) is 5.45. The van der Waals surface area contributed by atoms with E-state index in [-0.39, 0.29) is 0 Å². The Labute approximate surface area is 128 Å². The molecule has 1 aliphatic rings. The summed E-state index contributed by atoms with van der Waals surface area (Å²) >= 11 is 0. The minimum absolute atomic E-state index is 0.702. The number of anilines is 2. The van der Waals surface area contributed by atoms with Crippen LogP contribution in [0.25, 0.3) is 11.0 Å². The van der Waals surface area contributed by atoms with E-state index in [1.54, 1.807) is 0 Å². The molecule has 0 amide bonds. The second-order valence-corrected chi connectivity index (χ2v) is 5.45. The van der Waals surface area contributed by atoms with Crippen molar-refractivity contribution in [1.82, 2.24) is 14.5 Å². The van der Waals surface area contributed by atoms with Crippen molar-refractivity contribution in [3.63, 3.8) is 0 Å². The van der Waals surface area contributed by atoms with Crippen molar-refractivity contribution >= 4 is 22.5 Å². The number of aromatic nitrogens is 3. The van der Waals surface area contributed by atoms with E-state index in [0.29, 0.717) is 5.56 Å². The number of rotatable bonds is 2. The zero-order valence-corrected chi connectivity index (χ0v) is 12.1. The average Bonchev–Trinajstić information content (AvgIpc) is 2.90. The molecule has 0 aliphatic carbocycles. The van der Waals surface area contributed by atoms with E-state index >= 15 is 0 Å². The van der Waals surface area contributed by atoms with Gasteiger partial charge < -0.3 is 9.88 Å². The lowest BCUT2D eigenvalue weighted by molar-refractivity contribution is 0.544. The molecule has 1 aliphatic heterocycles. The summed E-state index contributed by atoms with van der Waals surface area (Å²) in [7, 11) is 0. The number of nitrogens with zero attached hydrogens (tertiary/aromatic N) is 4. The maximum absolute atomic E-state index is 9.52. The maximum Gasteiger partial charge on any atom is 0.158 e. The highest BCUT2D eigenvalue weighted by atomic mass is 15.1. The molecule has 22 heavy (non-hydrogen) atoms. The van der Waals surface area contributed by atoms with E-state index in [1.165, 1.54) is 6.33 Å². The third kappa shape index (κ3) is 1.92. The van der Waals surface area contributed by atoms with Crippen LogP contribution in [0.3, 0.4) is 0 Å². The normalized spacial score (nSPS) is 13.6. The molecule has 5 heteroatoms. The highest BCUT2D eigenvalue weighted by Gasteiger charge is 2.23. The van der Waals surface area contributed by atoms with Gasteiger partial charge in [-0.2, -0.15) is 5.26 Å². The van der Waals surface area contributed by atoms with Crippen molar-refractivity contribution in [2.75, 3.05) is 5.32 Å². The molecule has 0 spiro atoms. The van der Waals surface area contributed by atoms with Gasteiger partial charge in [0.15, 0.2) is 5.82 Å². The highest BCUT2D eigenvalue weighted by molar-refractivity contribution is 5.93. The molecule has 4 rings (SSSR count). The van der Waals surface area contributed by atoms with Gasteiger partial charge in [-0.25, -0.2) is 9.97 Å². The molecule has 3 aromatic rings. The number of hydrogen-bond acceptors (Lipinski definition) is 4. The van der Waals surface area contributed by atoms with E-state index < -0.39 is 0 Å². The molecule has 5 nitrogen and oxygen atoms in total. The summed E-state index contributed by atoms with van der Waals surface area (Å²) in [6, 6.07) is 12.3. The number of hydrogen-bond donors (Lipinski definition) is 1. The zero-order valence-electron chi connectivity index (χ0n) is 12.1. The zero-order chi connectivity index (χ0) is 14.9. The Morgan fingerprint density at radius 1 is 1.14 bits per heavy atom. The summed E-state index contributed by atoms with van der Waals surface area (Å²) in [4.78, 5) is 8.77. The van der Waals surface area contributed by atoms with Crippen LogP contribution >= 0.6 is 0 Å². The predicted molar refractivity (Wildman–Crippen MR) is 84.9 cm³/mol. The molecule has 1 N–H and O–H groups in total. The SMILES string of the molecule is N#Cc1c2n(c3c(Nc4ccccc4)ncnc13)CCCC2. The molecule has 3 heterocycles. The second kappa shape index (κ2) is 5.15. The Kier molecular flexibility index (Phi) is 3.01. The molecular weight excluding hydrogens is 274 g/mol. The van der Waals surface area contributed by atoms with Crippen LogP contribution in [0.4, 0.5) is 11.5 Å². The molecular formula is C17H15N5. The van der Waals surface area contributed by atoms with Crippen LogP contribution in [0.1, 0.15) is 24.1 Å². The van der Waals surface area contributed by atoms with Crippen molar-refractivity contribution in [1.29, 1.82) is 5.26 Å². The lowest BCUT2D eigenvalue weighted by Crippen LogP contribution is -2.11. The van der Waals surface area contributed by atoms with Crippen molar-refractivity contribution in [2.24, 2.45) is 0 Å². The Bertz CT molecular complexity index is 873. The average molecular weight is 289 g/mol. The molecule has 0 saturated carbocycles. The third-order valence-electron chi connectivity index (χ3n) is 4.14. The topological polar surface area (TPSA) is 66.5 Å². The van der Waals surface area contributed by atoms with Gasteiger partial charge in [0.1, 0.15) is 23.4 Å². The fourth-order valence-electron chi connectivity index (χ4n) is 3.16. The maximum atomic E-state index is 9.52. The van der Waals surface area contributed by atoms with E-state index in [4.69, 9.17) is 0 Å². The molecule has 0 unspecified atom stereocenters. The fourth-order valence-corrected chi connectivity index (χ4v) is 3.16. The molecule has 108 valence electrons. The summed E-state index contributed by atoms with van der Waals surface area (Å²) in [6.07, 6.45) is 4.71. The predicted octanol–water partition coefficient (Wildman–Crippen LogP) is 3.38. The fraction of sp³-hybridized carbons (Fsp3) is 0.235. The van der Waals surface area contributed by atoms with Gasteiger partial charge in [0.05, 0.1) is 5.56 Å². The third-order valence-corrected chi connectivity index (χ3v) is 4.14. The Morgan fingerprint density at radius 3 is 2.82 bits per heavy atom. The van der Waals surface area contributed by atoms with Gasteiger partial charge in [0.25, 0.3) is 0 Å². The Balaban J connectivity index is 1.93. The van der Waals surface area contributed by atoms with Crippen LogP contribution in [0.15, 0.2) is 36.7 Å². The van der Waals surface area contributed by atoms with Crippen molar-refractivity contribution in [2.45, 2.75) is 25.8 Å². The smallest absolute Gasteiger partial charge is 0.158 e. The lowest BCUT2D eigenvalue weighted by atomic mass is 10.1. The number of nitrogens with one attached hydrogen (secondary N) is 1. The molecule has 0 atom stereocenters. The van der Waals surface area contributed by atoms with E-state index in [0.717, 1.165) is 54.0 Å². The van der Waals surface area contributed by atoms with E-state index in [1.807, 2.05) is 30.3 Å². The van der Waals surface area contributed by atoms with Crippen LogP contribution in [0.5, 0.6) is 0 Å². The van der Waals surface area contributed by atoms with Crippen molar-refractivity contribution < 1.29 is 0 Å². The van der Waals surface area contributed by atoms with Gasteiger partial charge in [-0.15, -0.1) is 0 Å². The van der Waals surface area contributed by atoms with Crippen LogP contribution in [-0.2, 0) is 13.0 Å². The first-order valence-corrected chi connectivity index (χ1v) is 7.46. The van der Waals surface area contributed by atoms with Crippen molar-refractivity contribution in [3.05, 3.63) is 47.9 Å². The summed E-state index contributed by atoms with van der Waals surface area (Å²) in [6.45, 7) is 0.921. The first kappa shape index (κ1) is 12.8. The molecule has 0 fully saturated rings. The minimum Gasteiger partial charge on any atom is -0.339 e. The van der Waals surface area contributed by atoms with Crippen LogP contribution in [-0.4, -0.2) is 14.5 Å². The summed E-state index contributed by atoms with van der Waals surface area (Å²) in [5.74, 6) is 0.765. The van der Waals surface area contributed by atoms with E-state index in [9.17, 15) is 5.26 Å². The van der Waals surface area contributed by atoms with E-state index in [2.05, 4.69) is 25.9 Å². The molecule has 2 aromatic heterocycles. The number of fused-ring (bicyclic) bond motifs is 3. The van der Waals surface area contributed by atoms with Crippen LogP contribution in [0, 0.1) is 11.3 Å². The summed E-state index contributed by atoms with van der Waals surface area (Å²) < 4.78 is 2.21. The van der Waals surface area contributed by atoms with Crippen molar-refractivity contribution in [3.8, 4) is 6.07 Å². The number of benzene rings is 1. The van der Waals surface area contributed by atoms with Crippen LogP contribution in [0.2, 0.25) is 0 Å². The lowest BCUT2D eigenvalue weighted by Gasteiger charge is -2.17. The molecule has 0 radical (unpaired) electrons. The first-order valence-electron chi connectivity index (χ1n) is 7.46. The van der Waals surface area contributed by atoms with Gasteiger partial charge in [-0.1, -0.05) is 18.2 Å². The summed E-state index contributed by atoms with van der Waals surface area (Å²) in [5, 5.41) is 12.9. The van der Waals surface area contributed by atoms with Gasteiger partial charge >= 0.3 is 0 Å². The number of aryl methyl sites for hydroxylation is 1. The Morgan fingerprint density at radius 2 is 2.00 bits per heavy atom. The van der Waals surface area contributed by atoms with Gasteiger partial charge in [0.2, 0.25) is 0 Å². The minimum atomic E-state index is 0.702. The Hall–Kier alpha value is -2.87. The standard InChI is InChI=1S/C17H15N5/c18-10-13-14-8-4-5-9-22(14)16-15(13)19-11-20-17(16)21-12-6-2-1-3-7-12/h1-3,6-7,11H,4-5,8-9H2,(H,19,20,21). The number of para-hydroxylation sites is 1. The summed E-state index contributed by atoms with van der Waals surface area (Å²) in [5.41, 5.74) is 4.48. The number of nitriles is 1. The largest absolute Gasteiger partial charge is 0.339 e. The van der Waals surface area contributed by atoms with Crippen LogP contribution < -0.4 is 5.32 Å². The van der Waals surface area contributed by atoms with Gasteiger partial charge in [-0.05, 0) is 31.4 Å². The highest BCUT2D eigenvalue weighted by Crippen LogP contribution is 2.33. The first-order chi connectivity index (χ1) is 10.9. The monoisotopic (exact) mass is 289 g/mol.